The van der Waals surface area contributed by atoms with Crippen molar-refractivity contribution in [1.82, 2.24) is 4.57 Å². The molecule has 1 atom stereocenters. The molecule has 0 aliphatic rings. The van der Waals surface area contributed by atoms with E-state index in [0.717, 1.165) is 10.9 Å². The van der Waals surface area contributed by atoms with Crippen LogP contribution in [0.1, 0.15) is 12.5 Å². The highest BCUT2D eigenvalue weighted by Gasteiger charge is 2.32. The zero-order valence-corrected chi connectivity index (χ0v) is 16.7. The quantitative estimate of drug-likeness (QED) is 0.494. The van der Waals surface area contributed by atoms with Gasteiger partial charge < -0.3 is 15.0 Å². The second kappa shape index (κ2) is 7.45. The fourth-order valence-corrected chi connectivity index (χ4v) is 3.75. The van der Waals surface area contributed by atoms with Gasteiger partial charge >= 0.3 is 0 Å². The van der Waals surface area contributed by atoms with Crippen molar-refractivity contribution < 1.29 is 14.3 Å². The zero-order valence-electron chi connectivity index (χ0n) is 16.0. The summed E-state index contributed by atoms with van der Waals surface area (Å²) in [5, 5.41) is 24.3. The average Bonchev–Trinajstić information content (AvgIpc) is 3.01. The molecule has 0 aliphatic heterocycles. The van der Waals surface area contributed by atoms with Crippen LogP contribution in [-0.2, 0) is 11.3 Å². The van der Waals surface area contributed by atoms with Gasteiger partial charge in [0.1, 0.15) is 11.9 Å². The van der Waals surface area contributed by atoms with Gasteiger partial charge in [0.2, 0.25) is 0 Å². The SMILES string of the molecule is C[C@](O)(Cn1c2ccccc2c2cc(F)ccc21)C(=O)Nc1ccc(C#N)c(Cl)c1. The van der Waals surface area contributed by atoms with Crippen LogP contribution < -0.4 is 5.32 Å². The number of hydrogen-bond acceptors (Lipinski definition) is 3. The normalized spacial score (nSPS) is 13.2. The second-order valence-electron chi connectivity index (χ2n) is 7.30. The minimum Gasteiger partial charge on any atom is -0.378 e. The molecule has 0 spiro atoms. The molecule has 7 heteroatoms. The molecule has 1 heterocycles. The summed E-state index contributed by atoms with van der Waals surface area (Å²) in [5.41, 5.74) is 0.385. The van der Waals surface area contributed by atoms with Crippen molar-refractivity contribution in [2.75, 3.05) is 5.32 Å². The molecule has 5 nitrogen and oxygen atoms in total. The predicted molar refractivity (Wildman–Crippen MR) is 115 cm³/mol. The molecule has 150 valence electrons. The van der Waals surface area contributed by atoms with E-state index in [4.69, 9.17) is 16.9 Å². The van der Waals surface area contributed by atoms with Gasteiger partial charge in [-0.3, -0.25) is 4.79 Å². The van der Waals surface area contributed by atoms with Crippen LogP contribution in [0.2, 0.25) is 5.02 Å². The standard InChI is InChI=1S/C23H17ClFN3O2/c1-23(30,22(29)27-16-8-6-14(12-26)19(24)11-16)13-28-20-5-3-2-4-17(20)18-10-15(25)7-9-21(18)28/h2-11,30H,13H2,1H3,(H,27,29)/t23-/m0/s1. The number of carbonyl (C=O) groups is 1. The van der Waals surface area contributed by atoms with Crippen LogP contribution in [0, 0.1) is 17.1 Å². The highest BCUT2D eigenvalue weighted by molar-refractivity contribution is 6.32. The van der Waals surface area contributed by atoms with Crippen molar-refractivity contribution in [2.24, 2.45) is 0 Å². The summed E-state index contributed by atoms with van der Waals surface area (Å²) in [6, 6.07) is 18.3. The number of carbonyl (C=O) groups excluding carboxylic acids is 1. The number of anilines is 1. The van der Waals surface area contributed by atoms with Crippen molar-refractivity contribution in [3.63, 3.8) is 0 Å². The van der Waals surface area contributed by atoms with Gasteiger partial charge in [-0.1, -0.05) is 29.8 Å². The number of halogens is 2. The molecule has 0 aliphatic carbocycles. The Morgan fingerprint density at radius 1 is 1.17 bits per heavy atom. The highest BCUT2D eigenvalue weighted by Crippen LogP contribution is 2.31. The second-order valence-corrected chi connectivity index (χ2v) is 7.71. The molecule has 0 bridgehead atoms. The monoisotopic (exact) mass is 421 g/mol. The minimum absolute atomic E-state index is 0.0432. The van der Waals surface area contributed by atoms with Crippen LogP contribution in [0.4, 0.5) is 10.1 Å². The molecule has 0 unspecified atom stereocenters. The van der Waals surface area contributed by atoms with E-state index in [1.807, 2.05) is 30.3 Å². The largest absolute Gasteiger partial charge is 0.378 e. The van der Waals surface area contributed by atoms with Crippen LogP contribution in [0.3, 0.4) is 0 Å². The molecule has 4 aromatic rings. The molecule has 1 aromatic heterocycles. The summed E-state index contributed by atoms with van der Waals surface area (Å²) in [6.07, 6.45) is 0. The van der Waals surface area contributed by atoms with E-state index in [9.17, 15) is 14.3 Å². The van der Waals surface area contributed by atoms with Crippen LogP contribution >= 0.6 is 11.6 Å². The molecule has 0 saturated heterocycles. The summed E-state index contributed by atoms with van der Waals surface area (Å²) >= 11 is 6.01. The molecule has 0 fully saturated rings. The maximum atomic E-state index is 13.8. The van der Waals surface area contributed by atoms with E-state index in [0.29, 0.717) is 22.2 Å². The fraction of sp³-hybridized carbons (Fsp3) is 0.130. The lowest BCUT2D eigenvalue weighted by molar-refractivity contribution is -0.133. The van der Waals surface area contributed by atoms with E-state index in [2.05, 4.69) is 5.32 Å². The van der Waals surface area contributed by atoms with Crippen molar-refractivity contribution in [2.45, 2.75) is 19.1 Å². The Kier molecular flexibility index (Phi) is 4.94. The number of aliphatic hydroxyl groups is 1. The van der Waals surface area contributed by atoms with Crippen molar-refractivity contribution >= 4 is 45.0 Å². The zero-order chi connectivity index (χ0) is 21.5. The minimum atomic E-state index is -1.77. The third kappa shape index (κ3) is 3.50. The first kappa shape index (κ1) is 19.9. The number of nitriles is 1. The number of para-hydroxylation sites is 1. The van der Waals surface area contributed by atoms with Gasteiger partial charge in [-0.2, -0.15) is 5.26 Å². The number of nitrogens with one attached hydrogen (secondary N) is 1. The van der Waals surface area contributed by atoms with Gasteiger partial charge in [0.15, 0.2) is 5.60 Å². The van der Waals surface area contributed by atoms with Gasteiger partial charge in [0.25, 0.3) is 5.91 Å². The summed E-state index contributed by atoms with van der Waals surface area (Å²) < 4.78 is 15.6. The van der Waals surface area contributed by atoms with E-state index in [-0.39, 0.29) is 17.4 Å². The number of rotatable bonds is 4. The first-order valence-electron chi connectivity index (χ1n) is 9.20. The maximum Gasteiger partial charge on any atom is 0.257 e. The molecular formula is C23H17ClFN3O2. The number of fused-ring (bicyclic) bond motifs is 3. The lowest BCUT2D eigenvalue weighted by Crippen LogP contribution is -2.43. The van der Waals surface area contributed by atoms with Crippen LogP contribution in [0.15, 0.2) is 60.7 Å². The van der Waals surface area contributed by atoms with Crippen LogP contribution in [0.25, 0.3) is 21.8 Å². The number of aromatic nitrogens is 1. The summed E-state index contributed by atoms with van der Waals surface area (Å²) in [5.74, 6) is -0.982. The first-order valence-corrected chi connectivity index (χ1v) is 9.58. The van der Waals surface area contributed by atoms with Crippen LogP contribution in [0.5, 0.6) is 0 Å². The Labute approximate surface area is 176 Å². The van der Waals surface area contributed by atoms with Gasteiger partial charge in [-0.15, -0.1) is 0 Å². The van der Waals surface area contributed by atoms with Gasteiger partial charge in [-0.25, -0.2) is 4.39 Å². The predicted octanol–water partition coefficient (Wildman–Crippen LogP) is 4.85. The molecule has 30 heavy (non-hydrogen) atoms. The third-order valence-electron chi connectivity index (χ3n) is 5.04. The van der Waals surface area contributed by atoms with Crippen molar-refractivity contribution in [1.29, 1.82) is 5.26 Å². The van der Waals surface area contributed by atoms with E-state index in [1.54, 1.807) is 16.7 Å². The topological polar surface area (TPSA) is 78.1 Å². The maximum absolute atomic E-state index is 13.8. The Bertz CT molecular complexity index is 1340. The molecule has 3 aromatic carbocycles. The number of benzene rings is 3. The Morgan fingerprint density at radius 3 is 2.63 bits per heavy atom. The van der Waals surface area contributed by atoms with E-state index in [1.165, 1.54) is 31.2 Å². The lowest BCUT2D eigenvalue weighted by Gasteiger charge is -2.24. The fourth-order valence-electron chi connectivity index (χ4n) is 3.53. The van der Waals surface area contributed by atoms with Gasteiger partial charge in [0.05, 0.1) is 17.1 Å². The van der Waals surface area contributed by atoms with Gasteiger partial charge in [-0.05, 0) is 49.4 Å². The lowest BCUT2D eigenvalue weighted by atomic mass is 10.1. The molecular weight excluding hydrogens is 405 g/mol. The Morgan fingerprint density at radius 2 is 1.90 bits per heavy atom. The average molecular weight is 422 g/mol. The smallest absolute Gasteiger partial charge is 0.257 e. The van der Waals surface area contributed by atoms with Crippen LogP contribution in [-0.4, -0.2) is 21.2 Å². The molecule has 1 amide bonds. The Balaban J connectivity index is 1.69. The number of amides is 1. The molecule has 0 saturated carbocycles. The summed E-state index contributed by atoms with van der Waals surface area (Å²) in [6.45, 7) is 1.37. The summed E-state index contributed by atoms with van der Waals surface area (Å²) in [7, 11) is 0. The molecule has 4 rings (SSSR count). The Hall–Kier alpha value is -3.40. The van der Waals surface area contributed by atoms with Gasteiger partial charge in [0, 0.05) is 27.5 Å². The first-order chi connectivity index (χ1) is 14.3. The van der Waals surface area contributed by atoms with E-state index < -0.39 is 11.5 Å². The number of nitrogens with zero attached hydrogens (tertiary/aromatic N) is 2. The van der Waals surface area contributed by atoms with E-state index >= 15 is 0 Å². The molecule has 2 N–H and O–H groups in total. The highest BCUT2D eigenvalue weighted by atomic mass is 35.5. The number of hydrogen-bond donors (Lipinski definition) is 2. The third-order valence-corrected chi connectivity index (χ3v) is 5.35. The van der Waals surface area contributed by atoms with Crippen molar-refractivity contribution in [3.05, 3.63) is 77.1 Å². The van der Waals surface area contributed by atoms with Crippen molar-refractivity contribution in [3.8, 4) is 6.07 Å². The molecule has 0 radical (unpaired) electrons. The summed E-state index contributed by atoms with van der Waals surface area (Å²) in [4.78, 5) is 12.8.